The van der Waals surface area contributed by atoms with Gasteiger partial charge in [-0.05, 0) is 61.9 Å². The number of anilines is 2. The number of halogens is 1. The Labute approximate surface area is 311 Å². The van der Waals surface area contributed by atoms with Gasteiger partial charge in [-0.25, -0.2) is 32.1 Å². The number of benzene rings is 3. The fraction of sp³-hybridized carbons (Fsp3) is 0.361. The molecule has 5 rings (SSSR count). The quantitative estimate of drug-likeness (QED) is 0.216. The van der Waals surface area contributed by atoms with E-state index >= 15 is 0 Å². The molecule has 16 nitrogen and oxygen atoms in total. The zero-order chi connectivity index (χ0) is 39.2. The zero-order valence-corrected chi connectivity index (χ0v) is 31.3. The largest absolute Gasteiger partial charge is 0.497 e. The number of ether oxygens (including phenoxy) is 3. The summed E-state index contributed by atoms with van der Waals surface area (Å²) in [6.45, 7) is 2.17. The normalized spacial score (nSPS) is 14.2. The Balaban J connectivity index is 1.54. The lowest BCUT2D eigenvalue weighted by Gasteiger charge is -2.40. The predicted molar refractivity (Wildman–Crippen MR) is 200 cm³/mol. The molecule has 1 aliphatic rings. The van der Waals surface area contributed by atoms with Crippen LogP contribution in [0.4, 0.5) is 25.4 Å². The fourth-order valence-corrected chi connectivity index (χ4v) is 6.79. The number of para-hydroxylation sites is 1. The molecule has 2 heterocycles. The van der Waals surface area contributed by atoms with E-state index < -0.39 is 51.3 Å². The van der Waals surface area contributed by atoms with Gasteiger partial charge in [0.2, 0.25) is 5.91 Å². The van der Waals surface area contributed by atoms with Crippen molar-refractivity contribution in [3.63, 3.8) is 0 Å². The topological polar surface area (TPSA) is 182 Å². The van der Waals surface area contributed by atoms with Crippen LogP contribution in [0.5, 0.6) is 11.5 Å². The second kappa shape index (κ2) is 16.8. The van der Waals surface area contributed by atoms with Crippen LogP contribution < -0.4 is 35.6 Å². The van der Waals surface area contributed by atoms with Gasteiger partial charge in [-0.1, -0.05) is 12.1 Å². The molecule has 1 unspecified atom stereocenters. The second-order valence-electron chi connectivity index (χ2n) is 12.5. The number of amides is 4. The van der Waals surface area contributed by atoms with Gasteiger partial charge in [-0.3, -0.25) is 14.5 Å². The zero-order valence-electron chi connectivity index (χ0n) is 30.4. The van der Waals surface area contributed by atoms with E-state index in [-0.39, 0.29) is 49.9 Å². The van der Waals surface area contributed by atoms with Crippen molar-refractivity contribution in [2.45, 2.75) is 25.4 Å². The molecular formula is C36H42FN7O9S. The molecule has 0 saturated carbocycles. The van der Waals surface area contributed by atoms with Gasteiger partial charge in [0.1, 0.15) is 33.2 Å². The standard InChI is InChI=1S/C36H42FN7O9S/c1-23(43(30-15-14-26(51-2)22-31(30)52-3)35(47)38-25-12-10-24(37)11-13-25)32-39-28-9-7-6-8-27(28)33(45)44(32)42-19-17-41(18-20-42)34(46)29(40-36(48)53-4)16-21-54(5,49)50/h6-15,22-23,29H,16-21H2,1-5H3,(H,38,47)(H,40,48)/t23?,29-/m0/s1. The van der Waals surface area contributed by atoms with Crippen LogP contribution in [-0.2, 0) is 19.4 Å². The van der Waals surface area contributed by atoms with Crippen molar-refractivity contribution in [1.82, 2.24) is 19.9 Å². The van der Waals surface area contributed by atoms with Gasteiger partial charge in [-0.2, -0.15) is 0 Å². The number of fused-ring (bicyclic) bond motifs is 1. The van der Waals surface area contributed by atoms with Gasteiger partial charge in [-0.15, -0.1) is 0 Å². The van der Waals surface area contributed by atoms with E-state index in [0.29, 0.717) is 28.0 Å². The lowest BCUT2D eigenvalue weighted by molar-refractivity contribution is -0.133. The Hall–Kier alpha value is -5.91. The molecule has 288 valence electrons. The van der Waals surface area contributed by atoms with Crippen molar-refractivity contribution >= 4 is 50.1 Å². The molecule has 2 atom stereocenters. The number of aromatic nitrogens is 2. The molecule has 54 heavy (non-hydrogen) atoms. The first-order valence-electron chi connectivity index (χ1n) is 16.9. The van der Waals surface area contributed by atoms with Crippen molar-refractivity contribution < 1.29 is 41.4 Å². The molecule has 4 amide bonds. The van der Waals surface area contributed by atoms with Gasteiger partial charge in [0.15, 0.2) is 5.82 Å². The maximum absolute atomic E-state index is 14.4. The Morgan fingerprint density at radius 2 is 1.65 bits per heavy atom. The number of piperazine rings is 1. The van der Waals surface area contributed by atoms with Gasteiger partial charge < -0.3 is 34.8 Å². The van der Waals surface area contributed by atoms with Crippen LogP contribution in [0.3, 0.4) is 0 Å². The summed E-state index contributed by atoms with van der Waals surface area (Å²) < 4.78 is 54.6. The molecule has 0 bridgehead atoms. The lowest BCUT2D eigenvalue weighted by Crippen LogP contribution is -2.59. The van der Waals surface area contributed by atoms with Crippen molar-refractivity contribution in [3.8, 4) is 11.5 Å². The number of sulfone groups is 1. The number of hydrogen-bond acceptors (Lipinski definition) is 11. The summed E-state index contributed by atoms with van der Waals surface area (Å²) in [6.07, 6.45) is -0.000230. The first kappa shape index (κ1) is 39.3. The molecule has 1 aromatic heterocycles. The third-order valence-electron chi connectivity index (χ3n) is 8.90. The highest BCUT2D eigenvalue weighted by molar-refractivity contribution is 7.90. The number of methoxy groups -OCH3 is 3. The van der Waals surface area contributed by atoms with Gasteiger partial charge in [0, 0.05) is 31.1 Å². The molecule has 0 aliphatic carbocycles. The minimum Gasteiger partial charge on any atom is -0.497 e. The van der Waals surface area contributed by atoms with Gasteiger partial charge >= 0.3 is 12.1 Å². The minimum absolute atomic E-state index is 0.102. The number of urea groups is 1. The summed E-state index contributed by atoms with van der Waals surface area (Å²) in [5.74, 6) is -0.387. The third kappa shape index (κ3) is 8.99. The smallest absolute Gasteiger partial charge is 0.407 e. The Bertz CT molecular complexity index is 2180. The summed E-state index contributed by atoms with van der Waals surface area (Å²) in [7, 11) is 0.626. The summed E-state index contributed by atoms with van der Waals surface area (Å²) in [5.41, 5.74) is 0.596. The van der Waals surface area contributed by atoms with E-state index in [4.69, 9.17) is 14.5 Å². The molecule has 18 heteroatoms. The van der Waals surface area contributed by atoms with Crippen LogP contribution in [0.2, 0.25) is 0 Å². The number of nitrogens with one attached hydrogen (secondary N) is 2. The Kier molecular flexibility index (Phi) is 12.3. The molecule has 3 aromatic carbocycles. The van der Waals surface area contributed by atoms with Crippen LogP contribution in [0, 0.1) is 5.82 Å². The van der Waals surface area contributed by atoms with E-state index in [1.54, 1.807) is 54.4 Å². The minimum atomic E-state index is -3.45. The van der Waals surface area contributed by atoms with Crippen LogP contribution in [0.25, 0.3) is 10.9 Å². The number of alkyl carbamates (subject to hydrolysis) is 1. The molecule has 4 aromatic rings. The molecule has 1 fully saturated rings. The summed E-state index contributed by atoms with van der Waals surface area (Å²) in [6, 6.07) is 14.2. The average Bonchev–Trinajstić information content (AvgIpc) is 3.16. The molecular weight excluding hydrogens is 726 g/mol. The molecule has 0 spiro atoms. The number of carbonyl (C=O) groups excluding carboxylic acids is 3. The van der Waals surface area contributed by atoms with E-state index in [0.717, 1.165) is 13.4 Å². The first-order chi connectivity index (χ1) is 25.7. The van der Waals surface area contributed by atoms with Crippen LogP contribution >= 0.6 is 0 Å². The number of hydrogen-bond donors (Lipinski definition) is 2. The van der Waals surface area contributed by atoms with Gasteiger partial charge in [0.25, 0.3) is 5.56 Å². The fourth-order valence-electron chi connectivity index (χ4n) is 6.12. The van der Waals surface area contributed by atoms with Crippen LogP contribution in [-0.4, -0.2) is 107 Å². The van der Waals surface area contributed by atoms with E-state index in [2.05, 4.69) is 15.4 Å². The molecule has 1 aliphatic heterocycles. The lowest BCUT2D eigenvalue weighted by atomic mass is 10.1. The van der Waals surface area contributed by atoms with Crippen LogP contribution in [0.1, 0.15) is 25.2 Å². The molecule has 0 radical (unpaired) electrons. The SMILES string of the molecule is COC(=O)N[C@@H](CCS(C)(=O)=O)C(=O)N1CCN(n2c(C(C)N(C(=O)Nc3ccc(F)cc3)c3ccc(OC)cc3OC)nc3ccccc3c2=O)CC1. The Morgan fingerprint density at radius 1 is 0.963 bits per heavy atom. The number of carbonyl (C=O) groups is 3. The monoisotopic (exact) mass is 767 g/mol. The third-order valence-corrected chi connectivity index (χ3v) is 9.88. The van der Waals surface area contributed by atoms with Crippen molar-refractivity contribution in [2.24, 2.45) is 0 Å². The highest BCUT2D eigenvalue weighted by Gasteiger charge is 2.34. The highest BCUT2D eigenvalue weighted by atomic mass is 32.2. The number of nitrogens with zero attached hydrogens (tertiary/aromatic N) is 5. The molecule has 2 N–H and O–H groups in total. The maximum Gasteiger partial charge on any atom is 0.407 e. The van der Waals surface area contributed by atoms with E-state index in [9.17, 15) is 32.0 Å². The summed E-state index contributed by atoms with van der Waals surface area (Å²) in [5, 5.41) is 7.27. The predicted octanol–water partition coefficient (Wildman–Crippen LogP) is 3.29. The van der Waals surface area contributed by atoms with Crippen molar-refractivity contribution in [1.29, 1.82) is 0 Å². The summed E-state index contributed by atoms with van der Waals surface area (Å²) in [4.78, 5) is 62.0. The van der Waals surface area contributed by atoms with E-state index in [1.165, 1.54) is 53.0 Å². The highest BCUT2D eigenvalue weighted by Crippen LogP contribution is 2.37. The van der Waals surface area contributed by atoms with Crippen molar-refractivity contribution in [2.75, 3.05) is 74.7 Å². The van der Waals surface area contributed by atoms with Crippen molar-refractivity contribution in [3.05, 3.63) is 88.7 Å². The average molecular weight is 768 g/mol. The number of rotatable bonds is 12. The Morgan fingerprint density at radius 3 is 2.28 bits per heavy atom. The first-order valence-corrected chi connectivity index (χ1v) is 19.0. The second-order valence-corrected chi connectivity index (χ2v) is 14.8. The van der Waals surface area contributed by atoms with Gasteiger partial charge in [0.05, 0.1) is 62.8 Å². The van der Waals surface area contributed by atoms with E-state index in [1.807, 2.05) is 0 Å². The van der Waals surface area contributed by atoms with Crippen LogP contribution in [0.15, 0.2) is 71.5 Å². The maximum atomic E-state index is 14.4. The molecule has 1 saturated heterocycles. The summed E-state index contributed by atoms with van der Waals surface area (Å²) >= 11 is 0.